The van der Waals surface area contributed by atoms with Gasteiger partial charge in [0.25, 0.3) is 0 Å². The lowest BCUT2D eigenvalue weighted by molar-refractivity contribution is -0.132. The second-order valence-corrected chi connectivity index (χ2v) is 8.67. The number of hydrogen-bond donors (Lipinski definition) is 1. The van der Waals surface area contributed by atoms with Crippen molar-refractivity contribution in [2.24, 2.45) is 16.3 Å². The molecule has 3 unspecified atom stereocenters. The molecule has 0 aromatic heterocycles. The van der Waals surface area contributed by atoms with E-state index in [1.165, 1.54) is 13.0 Å². The molecule has 0 spiro atoms. The predicted octanol–water partition coefficient (Wildman–Crippen LogP) is 1.83. The van der Waals surface area contributed by atoms with Crippen LogP contribution in [0.4, 0.5) is 0 Å². The Labute approximate surface area is 175 Å². The zero-order valence-electron chi connectivity index (χ0n) is 16.0. The van der Waals surface area contributed by atoms with Crippen LogP contribution < -0.4 is 0 Å². The van der Waals surface area contributed by atoms with E-state index >= 15 is 0 Å². The normalized spacial score (nSPS) is 25.7. The van der Waals surface area contributed by atoms with Crippen molar-refractivity contribution >= 4 is 28.7 Å². The Bertz CT molecular complexity index is 1150. The van der Waals surface area contributed by atoms with E-state index in [9.17, 15) is 37.7 Å². The number of carbonyl (C=O) groups excluding carboxylic acids is 2. The predicted molar refractivity (Wildman–Crippen MR) is 106 cm³/mol. The molecule has 0 aromatic rings. The molecule has 0 bridgehead atoms. The van der Waals surface area contributed by atoms with Crippen molar-refractivity contribution in [1.29, 1.82) is 0 Å². The van der Waals surface area contributed by atoms with Crippen molar-refractivity contribution in [2.45, 2.75) is 31.1 Å². The number of carboxylic acid groups (broad SMARTS) is 1. The molecular weight excluding hydrogens is 432 g/mol. The van der Waals surface area contributed by atoms with Crippen LogP contribution in [-0.2, 0) is 28.7 Å². The Morgan fingerprint density at radius 1 is 1.26 bits per heavy atom. The van der Waals surface area contributed by atoms with Crippen LogP contribution >= 0.6 is 0 Å². The van der Waals surface area contributed by atoms with Gasteiger partial charge in [-0.25, -0.2) is 4.79 Å². The molecular formula is C19H16N2O9S. The van der Waals surface area contributed by atoms with Gasteiger partial charge in [-0.2, -0.15) is 13.3 Å². The van der Waals surface area contributed by atoms with E-state index in [-0.39, 0.29) is 35.7 Å². The molecule has 3 rings (SSSR count). The third kappa shape index (κ3) is 3.58. The maximum atomic E-state index is 13.1. The van der Waals surface area contributed by atoms with Gasteiger partial charge in [0.1, 0.15) is 17.0 Å². The highest BCUT2D eigenvalue weighted by atomic mass is 32.2. The minimum Gasteiger partial charge on any atom is -0.478 e. The Morgan fingerprint density at radius 3 is 2.52 bits per heavy atom. The van der Waals surface area contributed by atoms with Crippen molar-refractivity contribution in [3.05, 3.63) is 67.4 Å². The Balaban J connectivity index is 2.15. The standard InChI is InChI=1S/C19H16N2O9S/c1-9-16(20-26)13(7-22)18(14(8-23)17(9)21-27)30-31(28,29)15-6-12(19(24)25)10-4-2-3-5-11(10)15/h2,4,6-9,15-16H,3,5H2,1H3,(H,24,25). The zero-order valence-corrected chi connectivity index (χ0v) is 16.9. The van der Waals surface area contributed by atoms with Gasteiger partial charge < -0.3 is 9.29 Å². The van der Waals surface area contributed by atoms with Gasteiger partial charge in [-0.05, 0) is 35.2 Å². The summed E-state index contributed by atoms with van der Waals surface area (Å²) in [5.41, 5.74) is -1.30. The number of allylic oxidation sites excluding steroid dienone is 3. The zero-order chi connectivity index (χ0) is 22.9. The molecule has 12 heteroatoms. The van der Waals surface area contributed by atoms with Crippen molar-refractivity contribution in [3.8, 4) is 0 Å². The molecule has 3 aliphatic rings. The molecule has 3 aliphatic carbocycles. The first-order valence-corrected chi connectivity index (χ1v) is 10.5. The van der Waals surface area contributed by atoms with Gasteiger partial charge in [-0.15, -0.1) is 4.91 Å². The van der Waals surface area contributed by atoms with E-state index < -0.39 is 55.9 Å². The fourth-order valence-electron chi connectivity index (χ4n) is 3.87. The molecule has 1 N–H and O–H groups in total. The summed E-state index contributed by atoms with van der Waals surface area (Å²) in [6, 6.07) is -1.50. The Morgan fingerprint density at radius 2 is 1.97 bits per heavy atom. The second kappa shape index (κ2) is 8.30. The number of rotatable bonds is 8. The maximum Gasteiger partial charge on any atom is 0.336 e. The first kappa shape index (κ1) is 22.2. The molecule has 0 amide bonds. The van der Waals surface area contributed by atoms with E-state index in [0.717, 1.165) is 6.08 Å². The van der Waals surface area contributed by atoms with Gasteiger partial charge >= 0.3 is 16.1 Å². The maximum absolute atomic E-state index is 13.1. The highest BCUT2D eigenvalue weighted by Gasteiger charge is 2.43. The fraction of sp³-hybridized carbons (Fsp3) is 0.316. The van der Waals surface area contributed by atoms with Crippen molar-refractivity contribution < 1.29 is 32.1 Å². The molecule has 162 valence electrons. The SMILES string of the molecule is CC1C(N=O)=C(C=O)C(OS(=O)(=O)C2C=C(C(=O)O)C3=C2CCC=C3)=C(C=O)C1N=O. The van der Waals surface area contributed by atoms with E-state index in [2.05, 4.69) is 10.4 Å². The molecule has 3 atom stereocenters. The summed E-state index contributed by atoms with van der Waals surface area (Å²) in [4.78, 5) is 57.3. The quantitative estimate of drug-likeness (QED) is 0.330. The number of aliphatic carboxylic acids is 1. The van der Waals surface area contributed by atoms with E-state index in [1.54, 1.807) is 6.08 Å². The molecule has 31 heavy (non-hydrogen) atoms. The van der Waals surface area contributed by atoms with Crippen LogP contribution in [0.2, 0.25) is 0 Å². The lowest BCUT2D eigenvalue weighted by Gasteiger charge is -2.27. The topological polar surface area (TPSA) is 174 Å². The minimum atomic E-state index is -4.69. The second-order valence-electron chi connectivity index (χ2n) is 7.01. The summed E-state index contributed by atoms with van der Waals surface area (Å²) in [6.45, 7) is 1.32. The van der Waals surface area contributed by atoms with Gasteiger partial charge in [0.05, 0.1) is 16.7 Å². The molecule has 0 saturated heterocycles. The molecule has 0 aromatic carbocycles. The average Bonchev–Trinajstić information content (AvgIpc) is 3.14. The number of nitrogens with zero attached hydrogens (tertiary/aromatic N) is 2. The van der Waals surface area contributed by atoms with E-state index in [1.807, 2.05) is 0 Å². The van der Waals surface area contributed by atoms with Gasteiger partial charge in [-0.3, -0.25) is 9.59 Å². The third-order valence-corrected chi connectivity index (χ3v) is 6.81. The fourth-order valence-corrected chi connectivity index (χ4v) is 5.29. The van der Waals surface area contributed by atoms with Gasteiger partial charge in [0, 0.05) is 5.92 Å². The number of carbonyl (C=O) groups is 3. The van der Waals surface area contributed by atoms with Gasteiger partial charge in [0.15, 0.2) is 18.3 Å². The largest absolute Gasteiger partial charge is 0.478 e. The van der Waals surface area contributed by atoms with Gasteiger partial charge in [-0.1, -0.05) is 24.3 Å². The lowest BCUT2D eigenvalue weighted by atomic mass is 9.84. The van der Waals surface area contributed by atoms with Crippen LogP contribution in [0.1, 0.15) is 19.8 Å². The van der Waals surface area contributed by atoms with Crippen molar-refractivity contribution in [2.75, 3.05) is 0 Å². The summed E-state index contributed by atoms with van der Waals surface area (Å²) < 4.78 is 31.3. The molecule has 0 heterocycles. The van der Waals surface area contributed by atoms with Crippen LogP contribution in [0.5, 0.6) is 0 Å². The first-order valence-electron chi connectivity index (χ1n) is 9.05. The van der Waals surface area contributed by atoms with Crippen LogP contribution in [0, 0.1) is 15.7 Å². The summed E-state index contributed by atoms with van der Waals surface area (Å²) in [5, 5.41) is 13.4. The molecule has 0 radical (unpaired) electrons. The summed E-state index contributed by atoms with van der Waals surface area (Å²) in [5.74, 6) is -3.21. The van der Waals surface area contributed by atoms with Crippen molar-refractivity contribution in [3.63, 3.8) is 0 Å². The molecule has 0 aliphatic heterocycles. The number of nitroso groups, excluding NO2 is 2. The highest BCUT2D eigenvalue weighted by molar-refractivity contribution is 7.87. The van der Waals surface area contributed by atoms with Gasteiger partial charge in [0.2, 0.25) is 0 Å². The number of carboxylic acids is 1. The van der Waals surface area contributed by atoms with Crippen LogP contribution in [0.3, 0.4) is 0 Å². The Kier molecular flexibility index (Phi) is 5.93. The average molecular weight is 448 g/mol. The Hall–Kier alpha value is -3.54. The van der Waals surface area contributed by atoms with E-state index in [0.29, 0.717) is 6.42 Å². The lowest BCUT2D eigenvalue weighted by Crippen LogP contribution is -2.31. The van der Waals surface area contributed by atoms with Crippen LogP contribution in [0.25, 0.3) is 0 Å². The molecule has 0 saturated carbocycles. The highest BCUT2D eigenvalue weighted by Crippen LogP contribution is 2.41. The summed E-state index contributed by atoms with van der Waals surface area (Å²) in [7, 11) is -4.69. The number of aldehydes is 2. The van der Waals surface area contributed by atoms with Crippen molar-refractivity contribution in [1.82, 2.24) is 0 Å². The first-order chi connectivity index (χ1) is 14.7. The smallest absolute Gasteiger partial charge is 0.336 e. The third-order valence-electron chi connectivity index (χ3n) is 5.37. The molecule has 11 nitrogen and oxygen atoms in total. The minimum absolute atomic E-state index is 0.101. The van der Waals surface area contributed by atoms with Crippen LogP contribution in [-0.4, -0.2) is 43.4 Å². The summed E-state index contributed by atoms with van der Waals surface area (Å²) >= 11 is 0. The number of hydrogen-bond acceptors (Lipinski definition) is 10. The van der Waals surface area contributed by atoms with E-state index in [4.69, 9.17) is 4.18 Å². The monoisotopic (exact) mass is 448 g/mol. The van der Waals surface area contributed by atoms with Crippen LogP contribution in [0.15, 0.2) is 67.9 Å². The summed E-state index contributed by atoms with van der Waals surface area (Å²) in [6.07, 6.45) is 5.16. The molecule has 0 fully saturated rings.